The van der Waals surface area contributed by atoms with Gasteiger partial charge in [0.1, 0.15) is 6.10 Å². The lowest BCUT2D eigenvalue weighted by atomic mass is 9.98. The Hall–Kier alpha value is -0.610. The van der Waals surface area contributed by atoms with Crippen LogP contribution in [0, 0.1) is 0 Å². The summed E-state index contributed by atoms with van der Waals surface area (Å²) in [6.45, 7) is 3.99. The van der Waals surface area contributed by atoms with E-state index in [1.165, 1.54) is 0 Å². The molecule has 2 aliphatic rings. The van der Waals surface area contributed by atoms with Crippen LogP contribution in [-0.4, -0.2) is 47.3 Å². The molecule has 2 unspecified atom stereocenters. The van der Waals surface area contributed by atoms with Gasteiger partial charge in [-0.1, -0.05) is 0 Å². The zero-order chi connectivity index (χ0) is 12.3. The van der Waals surface area contributed by atoms with Crippen LogP contribution in [0.4, 0.5) is 0 Å². The van der Waals surface area contributed by atoms with E-state index in [0.717, 1.165) is 38.6 Å². The summed E-state index contributed by atoms with van der Waals surface area (Å²) >= 11 is 0. The molecular weight excluding hydrogens is 218 g/mol. The van der Waals surface area contributed by atoms with E-state index in [1.807, 2.05) is 11.8 Å². The number of hydrogen-bond acceptors (Lipinski definition) is 3. The van der Waals surface area contributed by atoms with Gasteiger partial charge in [0, 0.05) is 19.7 Å². The summed E-state index contributed by atoms with van der Waals surface area (Å²) in [5, 5.41) is 10.00. The van der Waals surface area contributed by atoms with Crippen molar-refractivity contribution in [2.45, 2.75) is 57.2 Å². The maximum Gasteiger partial charge on any atom is 0.251 e. The van der Waals surface area contributed by atoms with E-state index in [2.05, 4.69) is 0 Å². The number of carbonyl (C=O) groups is 1. The molecule has 0 bridgehead atoms. The lowest BCUT2D eigenvalue weighted by Crippen LogP contribution is -2.42. The standard InChI is InChI=1S/C13H23NO3/c1-13(16)6-4-8-14(9-7-13)12(15)11-5-2-3-10-17-11/h11,16H,2-10H2,1H3. The quantitative estimate of drug-likeness (QED) is 0.753. The van der Waals surface area contributed by atoms with Crippen molar-refractivity contribution in [1.29, 1.82) is 0 Å². The largest absolute Gasteiger partial charge is 0.390 e. The predicted octanol–water partition coefficient (Wildman–Crippen LogP) is 1.32. The predicted molar refractivity (Wildman–Crippen MR) is 64.6 cm³/mol. The van der Waals surface area contributed by atoms with Crippen molar-refractivity contribution in [2.24, 2.45) is 0 Å². The number of aliphatic hydroxyl groups is 1. The van der Waals surface area contributed by atoms with Crippen molar-refractivity contribution < 1.29 is 14.6 Å². The molecule has 4 heteroatoms. The molecule has 0 aromatic heterocycles. The second-order valence-corrected chi connectivity index (χ2v) is 5.53. The van der Waals surface area contributed by atoms with E-state index in [9.17, 15) is 9.90 Å². The first kappa shape index (κ1) is 12.8. The summed E-state index contributed by atoms with van der Waals surface area (Å²) in [6, 6.07) is 0. The van der Waals surface area contributed by atoms with Crippen LogP contribution >= 0.6 is 0 Å². The summed E-state index contributed by atoms with van der Waals surface area (Å²) in [4.78, 5) is 14.1. The van der Waals surface area contributed by atoms with Crippen LogP contribution in [0.25, 0.3) is 0 Å². The van der Waals surface area contributed by atoms with Crippen LogP contribution < -0.4 is 0 Å². The Kier molecular flexibility index (Phi) is 4.05. The second-order valence-electron chi connectivity index (χ2n) is 5.53. The third-order valence-corrected chi connectivity index (χ3v) is 3.83. The van der Waals surface area contributed by atoms with Gasteiger partial charge in [-0.25, -0.2) is 0 Å². The highest BCUT2D eigenvalue weighted by Crippen LogP contribution is 2.23. The molecule has 1 N–H and O–H groups in total. The first-order chi connectivity index (χ1) is 8.08. The molecule has 2 rings (SSSR count). The van der Waals surface area contributed by atoms with Crippen LogP contribution in [0.5, 0.6) is 0 Å². The van der Waals surface area contributed by atoms with Gasteiger partial charge >= 0.3 is 0 Å². The summed E-state index contributed by atoms with van der Waals surface area (Å²) < 4.78 is 5.53. The molecule has 1 amide bonds. The molecule has 2 fully saturated rings. The number of rotatable bonds is 1. The highest BCUT2D eigenvalue weighted by molar-refractivity contribution is 5.81. The van der Waals surface area contributed by atoms with Crippen molar-refractivity contribution in [2.75, 3.05) is 19.7 Å². The Morgan fingerprint density at radius 3 is 2.82 bits per heavy atom. The fourth-order valence-corrected chi connectivity index (χ4v) is 2.62. The summed E-state index contributed by atoms with van der Waals surface area (Å²) in [6.07, 6.45) is 5.11. The number of carbonyl (C=O) groups excluding carboxylic acids is 1. The first-order valence-corrected chi connectivity index (χ1v) is 6.71. The average Bonchev–Trinajstić information content (AvgIpc) is 2.50. The van der Waals surface area contributed by atoms with E-state index >= 15 is 0 Å². The van der Waals surface area contributed by atoms with Crippen molar-refractivity contribution in [3.63, 3.8) is 0 Å². The molecule has 2 heterocycles. The molecule has 98 valence electrons. The Morgan fingerprint density at radius 2 is 2.12 bits per heavy atom. The summed E-state index contributed by atoms with van der Waals surface area (Å²) in [5.74, 6) is 0.127. The fraction of sp³-hybridized carbons (Fsp3) is 0.923. The molecule has 4 nitrogen and oxygen atoms in total. The molecule has 2 atom stereocenters. The minimum Gasteiger partial charge on any atom is -0.390 e. The molecule has 2 saturated heterocycles. The zero-order valence-electron chi connectivity index (χ0n) is 10.7. The Morgan fingerprint density at radius 1 is 1.29 bits per heavy atom. The van der Waals surface area contributed by atoms with Gasteiger partial charge < -0.3 is 14.7 Å². The number of nitrogens with zero attached hydrogens (tertiary/aromatic N) is 1. The molecule has 0 radical (unpaired) electrons. The van der Waals surface area contributed by atoms with E-state index in [4.69, 9.17) is 4.74 Å². The van der Waals surface area contributed by atoms with Gasteiger partial charge in [0.05, 0.1) is 5.60 Å². The molecule has 0 aromatic carbocycles. The Bertz CT molecular complexity index is 272. The molecule has 0 saturated carbocycles. The fourth-order valence-electron chi connectivity index (χ4n) is 2.62. The van der Waals surface area contributed by atoms with Gasteiger partial charge in [-0.2, -0.15) is 0 Å². The van der Waals surface area contributed by atoms with Gasteiger partial charge in [0.2, 0.25) is 0 Å². The van der Waals surface area contributed by atoms with Crippen LogP contribution in [-0.2, 0) is 9.53 Å². The lowest BCUT2D eigenvalue weighted by molar-refractivity contribution is -0.146. The zero-order valence-corrected chi connectivity index (χ0v) is 10.7. The maximum absolute atomic E-state index is 12.2. The first-order valence-electron chi connectivity index (χ1n) is 6.71. The van der Waals surface area contributed by atoms with Crippen molar-refractivity contribution >= 4 is 5.91 Å². The van der Waals surface area contributed by atoms with Gasteiger partial charge in [-0.05, 0) is 45.4 Å². The Balaban J connectivity index is 1.90. The molecule has 2 aliphatic heterocycles. The van der Waals surface area contributed by atoms with Crippen molar-refractivity contribution in [1.82, 2.24) is 4.90 Å². The van der Waals surface area contributed by atoms with Crippen LogP contribution in [0.2, 0.25) is 0 Å². The third-order valence-electron chi connectivity index (χ3n) is 3.83. The number of ether oxygens (including phenoxy) is 1. The van der Waals surface area contributed by atoms with Gasteiger partial charge in [0.25, 0.3) is 5.91 Å². The summed E-state index contributed by atoms with van der Waals surface area (Å²) in [5.41, 5.74) is -0.609. The highest BCUT2D eigenvalue weighted by atomic mass is 16.5. The van der Waals surface area contributed by atoms with Crippen LogP contribution in [0.1, 0.15) is 45.4 Å². The van der Waals surface area contributed by atoms with Gasteiger partial charge in [0.15, 0.2) is 0 Å². The minimum absolute atomic E-state index is 0.127. The second kappa shape index (κ2) is 5.36. The third kappa shape index (κ3) is 3.42. The smallest absolute Gasteiger partial charge is 0.251 e. The SMILES string of the molecule is CC1(O)CCCN(C(=O)C2CCCCO2)CC1. The van der Waals surface area contributed by atoms with E-state index < -0.39 is 5.60 Å². The van der Waals surface area contributed by atoms with Crippen LogP contribution in [0.15, 0.2) is 0 Å². The maximum atomic E-state index is 12.2. The topological polar surface area (TPSA) is 49.8 Å². The average molecular weight is 241 g/mol. The van der Waals surface area contributed by atoms with Gasteiger partial charge in [-0.3, -0.25) is 4.79 Å². The van der Waals surface area contributed by atoms with Gasteiger partial charge in [-0.15, -0.1) is 0 Å². The number of likely N-dealkylation sites (tertiary alicyclic amines) is 1. The van der Waals surface area contributed by atoms with Crippen molar-refractivity contribution in [3.8, 4) is 0 Å². The monoisotopic (exact) mass is 241 g/mol. The summed E-state index contributed by atoms with van der Waals surface area (Å²) in [7, 11) is 0. The lowest BCUT2D eigenvalue weighted by Gasteiger charge is -2.28. The number of amides is 1. The van der Waals surface area contributed by atoms with E-state index in [0.29, 0.717) is 19.6 Å². The normalized spacial score (nSPS) is 35.4. The van der Waals surface area contributed by atoms with E-state index in [-0.39, 0.29) is 12.0 Å². The molecule has 0 aliphatic carbocycles. The minimum atomic E-state index is -0.609. The van der Waals surface area contributed by atoms with Crippen LogP contribution in [0.3, 0.4) is 0 Å². The molecule has 0 spiro atoms. The Labute approximate surface area is 103 Å². The molecular formula is C13H23NO3. The van der Waals surface area contributed by atoms with Crippen molar-refractivity contribution in [3.05, 3.63) is 0 Å². The van der Waals surface area contributed by atoms with E-state index in [1.54, 1.807) is 0 Å². The highest BCUT2D eigenvalue weighted by Gasteiger charge is 2.31. The number of hydrogen-bond donors (Lipinski definition) is 1. The molecule has 17 heavy (non-hydrogen) atoms. The molecule has 0 aromatic rings.